The van der Waals surface area contributed by atoms with Crippen molar-refractivity contribution in [2.45, 2.75) is 6.92 Å². The molecule has 0 atom stereocenters. The second-order valence-electron chi connectivity index (χ2n) is 5.48. The molecule has 0 saturated carbocycles. The van der Waals surface area contributed by atoms with E-state index in [0.29, 0.717) is 22.5 Å². The van der Waals surface area contributed by atoms with Crippen LogP contribution in [0.2, 0.25) is 0 Å². The van der Waals surface area contributed by atoms with Gasteiger partial charge >= 0.3 is 0 Å². The SMILES string of the molecule is Cc1cc(F)c2c(c1)-c1[nH]ncc1NC(c1c(F)cccc1F)=N2. The topological polar surface area (TPSA) is 53.1 Å². The number of fused-ring (bicyclic) bond motifs is 3. The fourth-order valence-corrected chi connectivity index (χ4v) is 2.73. The summed E-state index contributed by atoms with van der Waals surface area (Å²) in [7, 11) is 0. The lowest BCUT2D eigenvalue weighted by atomic mass is 10.1. The van der Waals surface area contributed by atoms with Crippen LogP contribution < -0.4 is 5.32 Å². The monoisotopic (exact) mass is 328 g/mol. The van der Waals surface area contributed by atoms with E-state index in [9.17, 15) is 13.2 Å². The van der Waals surface area contributed by atoms with Crippen molar-refractivity contribution in [3.8, 4) is 11.3 Å². The molecule has 2 aromatic carbocycles. The summed E-state index contributed by atoms with van der Waals surface area (Å²) in [4.78, 5) is 4.16. The van der Waals surface area contributed by atoms with Crippen LogP contribution >= 0.6 is 0 Å². The zero-order valence-corrected chi connectivity index (χ0v) is 12.5. The minimum Gasteiger partial charge on any atom is -0.336 e. The van der Waals surface area contributed by atoms with Crippen molar-refractivity contribution in [2.75, 3.05) is 5.32 Å². The first-order valence-electron chi connectivity index (χ1n) is 7.18. The van der Waals surface area contributed by atoms with Crippen LogP contribution in [0.15, 0.2) is 41.5 Å². The van der Waals surface area contributed by atoms with Crippen molar-refractivity contribution in [1.29, 1.82) is 0 Å². The van der Waals surface area contributed by atoms with Crippen molar-refractivity contribution in [2.24, 2.45) is 4.99 Å². The summed E-state index contributed by atoms with van der Waals surface area (Å²) in [5, 5.41) is 9.53. The lowest BCUT2D eigenvalue weighted by Crippen LogP contribution is -2.16. The molecule has 0 spiro atoms. The third-order valence-electron chi connectivity index (χ3n) is 3.79. The van der Waals surface area contributed by atoms with Gasteiger partial charge in [-0.3, -0.25) is 5.10 Å². The maximum atomic E-state index is 14.4. The van der Waals surface area contributed by atoms with Gasteiger partial charge < -0.3 is 5.32 Å². The van der Waals surface area contributed by atoms with E-state index in [0.717, 1.165) is 12.1 Å². The van der Waals surface area contributed by atoms with Crippen molar-refractivity contribution in [1.82, 2.24) is 10.2 Å². The number of H-pyrrole nitrogens is 1. The highest BCUT2D eigenvalue weighted by molar-refractivity contribution is 6.13. The molecule has 1 aliphatic heterocycles. The second-order valence-corrected chi connectivity index (χ2v) is 5.48. The molecule has 0 radical (unpaired) electrons. The molecule has 2 heterocycles. The van der Waals surface area contributed by atoms with Crippen LogP contribution in [0.4, 0.5) is 24.5 Å². The Morgan fingerprint density at radius 3 is 2.50 bits per heavy atom. The van der Waals surface area contributed by atoms with Crippen LogP contribution in [0, 0.1) is 24.4 Å². The standard InChI is InChI=1S/C17H11F3N4/c1-8-5-9-15(12(20)6-8)23-17(22-13-7-21-24-16(9)13)14-10(18)3-2-4-11(14)19/h2-7H,1H3,(H,21,24)(H,22,23). The fraction of sp³-hybridized carbons (Fsp3) is 0.0588. The molecule has 0 fully saturated rings. The molecular weight excluding hydrogens is 317 g/mol. The molecule has 4 rings (SSSR count). The molecule has 0 aliphatic carbocycles. The van der Waals surface area contributed by atoms with E-state index in [2.05, 4.69) is 20.5 Å². The van der Waals surface area contributed by atoms with Crippen molar-refractivity contribution in [3.05, 3.63) is 65.1 Å². The number of aromatic amines is 1. The van der Waals surface area contributed by atoms with Gasteiger partial charge in [-0.15, -0.1) is 0 Å². The highest BCUT2D eigenvalue weighted by atomic mass is 19.1. The van der Waals surface area contributed by atoms with Gasteiger partial charge in [0.15, 0.2) is 0 Å². The molecule has 1 aliphatic rings. The molecule has 24 heavy (non-hydrogen) atoms. The molecule has 4 nitrogen and oxygen atoms in total. The lowest BCUT2D eigenvalue weighted by molar-refractivity contribution is 0.579. The Hall–Kier alpha value is -3.09. The van der Waals surface area contributed by atoms with E-state index in [-0.39, 0.29) is 17.1 Å². The number of anilines is 1. The van der Waals surface area contributed by atoms with Gasteiger partial charge in [-0.05, 0) is 36.8 Å². The molecule has 2 N–H and O–H groups in total. The fourth-order valence-electron chi connectivity index (χ4n) is 2.73. The van der Waals surface area contributed by atoms with Gasteiger partial charge in [0.05, 0.1) is 23.1 Å². The Kier molecular flexibility index (Phi) is 3.16. The van der Waals surface area contributed by atoms with Crippen molar-refractivity contribution < 1.29 is 13.2 Å². The molecule has 3 aromatic rings. The smallest absolute Gasteiger partial charge is 0.149 e. The zero-order chi connectivity index (χ0) is 16.8. The van der Waals surface area contributed by atoms with Gasteiger partial charge in [0, 0.05) is 5.56 Å². The van der Waals surface area contributed by atoms with Gasteiger partial charge in [0.2, 0.25) is 0 Å². The number of rotatable bonds is 1. The minimum atomic E-state index is -0.790. The number of amidine groups is 1. The summed E-state index contributed by atoms with van der Waals surface area (Å²) in [5.74, 6) is -2.28. The Labute approximate surface area is 135 Å². The Balaban J connectivity index is 2.03. The normalized spacial score (nSPS) is 12.8. The highest BCUT2D eigenvalue weighted by Crippen LogP contribution is 2.39. The first-order chi connectivity index (χ1) is 11.5. The van der Waals surface area contributed by atoms with E-state index in [1.54, 1.807) is 13.0 Å². The summed E-state index contributed by atoms with van der Waals surface area (Å²) < 4.78 is 42.7. The summed E-state index contributed by atoms with van der Waals surface area (Å²) in [6.07, 6.45) is 1.46. The third-order valence-corrected chi connectivity index (χ3v) is 3.79. The molecule has 0 unspecified atom stereocenters. The maximum absolute atomic E-state index is 14.4. The number of hydrogen-bond donors (Lipinski definition) is 2. The van der Waals surface area contributed by atoms with Gasteiger partial charge in [-0.2, -0.15) is 5.10 Å². The number of nitrogens with one attached hydrogen (secondary N) is 2. The molecule has 120 valence electrons. The average molecular weight is 328 g/mol. The van der Waals surface area contributed by atoms with Crippen LogP contribution in [0.5, 0.6) is 0 Å². The van der Waals surface area contributed by atoms with Crippen molar-refractivity contribution >= 4 is 17.2 Å². The van der Waals surface area contributed by atoms with E-state index < -0.39 is 17.5 Å². The summed E-state index contributed by atoms with van der Waals surface area (Å²) in [6, 6.07) is 6.55. The largest absolute Gasteiger partial charge is 0.336 e. The maximum Gasteiger partial charge on any atom is 0.149 e. The van der Waals surface area contributed by atoms with E-state index in [4.69, 9.17) is 0 Å². The number of hydrogen-bond acceptors (Lipinski definition) is 3. The minimum absolute atomic E-state index is 0.00578. The molecule has 0 amide bonds. The van der Waals surface area contributed by atoms with E-state index >= 15 is 0 Å². The van der Waals surface area contributed by atoms with Gasteiger partial charge in [0.1, 0.15) is 29.0 Å². The van der Waals surface area contributed by atoms with Crippen LogP contribution in [0.25, 0.3) is 11.3 Å². The average Bonchev–Trinajstić information content (AvgIpc) is 2.91. The number of nitrogens with zero attached hydrogens (tertiary/aromatic N) is 2. The van der Waals surface area contributed by atoms with E-state index in [1.165, 1.54) is 18.3 Å². The van der Waals surface area contributed by atoms with Gasteiger partial charge in [0.25, 0.3) is 0 Å². The van der Waals surface area contributed by atoms with Crippen molar-refractivity contribution in [3.63, 3.8) is 0 Å². The number of aryl methyl sites for hydroxylation is 1. The number of aliphatic imine (C=N–C) groups is 1. The van der Waals surface area contributed by atoms with Gasteiger partial charge in [-0.25, -0.2) is 18.2 Å². The molecule has 1 aromatic heterocycles. The van der Waals surface area contributed by atoms with Crippen LogP contribution in [-0.2, 0) is 0 Å². The Morgan fingerprint density at radius 2 is 1.75 bits per heavy atom. The summed E-state index contributed by atoms with van der Waals surface area (Å²) in [6.45, 7) is 1.75. The van der Waals surface area contributed by atoms with Crippen LogP contribution in [0.3, 0.4) is 0 Å². The first kappa shape index (κ1) is 14.5. The number of benzene rings is 2. The van der Waals surface area contributed by atoms with Crippen LogP contribution in [-0.4, -0.2) is 16.0 Å². The Bertz CT molecular complexity index is 971. The third kappa shape index (κ3) is 2.17. The van der Waals surface area contributed by atoms with Gasteiger partial charge in [-0.1, -0.05) is 6.07 Å². The molecule has 0 saturated heterocycles. The zero-order valence-electron chi connectivity index (χ0n) is 12.5. The quantitative estimate of drug-likeness (QED) is 0.699. The number of halogens is 3. The van der Waals surface area contributed by atoms with E-state index in [1.807, 2.05) is 0 Å². The lowest BCUT2D eigenvalue weighted by Gasteiger charge is -2.09. The van der Waals surface area contributed by atoms with Crippen LogP contribution in [0.1, 0.15) is 11.1 Å². The first-order valence-corrected chi connectivity index (χ1v) is 7.18. The predicted molar refractivity (Wildman–Crippen MR) is 84.9 cm³/mol. The molecular formula is C17H11F3N4. The predicted octanol–water partition coefficient (Wildman–Crippen LogP) is 4.31. The molecule has 7 heteroatoms. The summed E-state index contributed by atoms with van der Waals surface area (Å²) >= 11 is 0. The molecule has 0 bridgehead atoms. The second kappa shape index (κ2) is 5.23. The highest BCUT2D eigenvalue weighted by Gasteiger charge is 2.24. The Morgan fingerprint density at radius 1 is 1.00 bits per heavy atom. The number of aromatic nitrogens is 2. The summed E-state index contributed by atoms with van der Waals surface area (Å²) in [5.41, 5.74) is 1.77.